The molecule has 1 aliphatic rings. The average Bonchev–Trinajstić information content (AvgIpc) is 2.96. The Kier molecular flexibility index (Phi) is 4.89. The lowest BCUT2D eigenvalue weighted by atomic mass is 10.2. The van der Waals surface area contributed by atoms with Gasteiger partial charge in [0.05, 0.1) is 6.54 Å². The molecule has 0 spiro atoms. The van der Waals surface area contributed by atoms with Gasteiger partial charge >= 0.3 is 0 Å². The molecule has 3 N–H and O–H groups in total. The predicted molar refractivity (Wildman–Crippen MR) is 84.9 cm³/mol. The molecular formula is C14H22N6O3. The second-order valence-electron chi connectivity index (χ2n) is 5.34. The summed E-state index contributed by atoms with van der Waals surface area (Å²) in [5, 5.41) is 3.23. The van der Waals surface area contributed by atoms with E-state index in [9.17, 15) is 0 Å². The van der Waals surface area contributed by atoms with Crippen molar-refractivity contribution in [2.45, 2.75) is 31.8 Å². The summed E-state index contributed by atoms with van der Waals surface area (Å²) >= 11 is 0. The first-order valence-corrected chi connectivity index (χ1v) is 7.64. The fourth-order valence-electron chi connectivity index (χ4n) is 2.69. The molecule has 9 heteroatoms. The third-order valence-corrected chi connectivity index (χ3v) is 3.90. The van der Waals surface area contributed by atoms with Gasteiger partial charge < -0.3 is 25.3 Å². The highest BCUT2D eigenvalue weighted by Gasteiger charge is 2.24. The molecule has 1 unspecified atom stereocenters. The van der Waals surface area contributed by atoms with E-state index in [-0.39, 0.29) is 12.5 Å². The number of nitrogens with zero attached hydrogens (tertiary/aromatic N) is 4. The van der Waals surface area contributed by atoms with Crippen molar-refractivity contribution in [1.29, 1.82) is 0 Å². The van der Waals surface area contributed by atoms with Crippen LogP contribution >= 0.6 is 0 Å². The number of anilines is 2. The topological polar surface area (TPSA) is 109 Å². The Morgan fingerprint density at radius 3 is 2.91 bits per heavy atom. The molecule has 3 heterocycles. The van der Waals surface area contributed by atoms with E-state index in [0.29, 0.717) is 29.5 Å². The van der Waals surface area contributed by atoms with Gasteiger partial charge in [-0.2, -0.15) is 0 Å². The van der Waals surface area contributed by atoms with Crippen molar-refractivity contribution >= 4 is 22.9 Å². The number of nitrogen functional groups attached to an aromatic ring is 1. The van der Waals surface area contributed by atoms with Crippen molar-refractivity contribution < 1.29 is 14.2 Å². The van der Waals surface area contributed by atoms with Crippen molar-refractivity contribution in [1.82, 2.24) is 19.5 Å². The van der Waals surface area contributed by atoms with Crippen LogP contribution in [0, 0.1) is 0 Å². The number of hydrogen-bond donors (Lipinski definition) is 2. The van der Waals surface area contributed by atoms with Gasteiger partial charge in [-0.1, -0.05) is 0 Å². The molecule has 126 valence electrons. The number of methoxy groups -OCH3 is 2. The van der Waals surface area contributed by atoms with E-state index in [2.05, 4.69) is 20.3 Å². The minimum Gasteiger partial charge on any atom is -0.382 e. The zero-order chi connectivity index (χ0) is 16.2. The first kappa shape index (κ1) is 15.9. The van der Waals surface area contributed by atoms with Gasteiger partial charge in [0.15, 0.2) is 23.3 Å². The van der Waals surface area contributed by atoms with Crippen LogP contribution in [0.3, 0.4) is 0 Å². The lowest BCUT2D eigenvalue weighted by Crippen LogP contribution is -2.26. The molecule has 0 radical (unpaired) electrons. The van der Waals surface area contributed by atoms with Crippen LogP contribution in [0.4, 0.5) is 11.8 Å². The van der Waals surface area contributed by atoms with E-state index in [1.165, 1.54) is 6.33 Å². The van der Waals surface area contributed by atoms with Gasteiger partial charge in [-0.05, 0) is 19.3 Å². The highest BCUT2D eigenvalue weighted by molar-refractivity contribution is 5.84. The molecule has 2 aromatic heterocycles. The molecule has 1 saturated heterocycles. The second kappa shape index (κ2) is 7.07. The van der Waals surface area contributed by atoms with Crippen molar-refractivity contribution in [3.05, 3.63) is 6.33 Å². The molecule has 0 amide bonds. The fraction of sp³-hybridized carbons (Fsp3) is 0.643. The number of ether oxygens (including phenoxy) is 3. The summed E-state index contributed by atoms with van der Waals surface area (Å²) in [6.45, 7) is 1.17. The number of aromatic nitrogens is 4. The molecular weight excluding hydrogens is 300 g/mol. The summed E-state index contributed by atoms with van der Waals surface area (Å²) in [5.74, 6) is 0.973. The lowest BCUT2D eigenvalue weighted by Gasteiger charge is -2.26. The van der Waals surface area contributed by atoms with Gasteiger partial charge in [0.1, 0.15) is 12.6 Å². The van der Waals surface area contributed by atoms with Gasteiger partial charge in [0, 0.05) is 20.8 Å². The van der Waals surface area contributed by atoms with E-state index in [1.807, 2.05) is 4.57 Å². The molecule has 9 nitrogen and oxygen atoms in total. The van der Waals surface area contributed by atoms with E-state index >= 15 is 0 Å². The van der Waals surface area contributed by atoms with E-state index in [1.54, 1.807) is 14.2 Å². The molecule has 1 atom stereocenters. The fourth-order valence-corrected chi connectivity index (χ4v) is 2.69. The zero-order valence-electron chi connectivity index (χ0n) is 13.4. The summed E-state index contributed by atoms with van der Waals surface area (Å²) in [4.78, 5) is 12.9. The molecule has 1 fully saturated rings. The minimum atomic E-state index is -0.376. The molecule has 2 aromatic rings. The largest absolute Gasteiger partial charge is 0.382 e. The Bertz CT molecular complexity index is 651. The highest BCUT2D eigenvalue weighted by atomic mass is 16.7. The lowest BCUT2D eigenvalue weighted by molar-refractivity contribution is -0.0916. The summed E-state index contributed by atoms with van der Waals surface area (Å²) in [5.41, 5.74) is 7.16. The minimum absolute atomic E-state index is 0.117. The number of fused-ring (bicyclic) bond motifs is 1. The van der Waals surface area contributed by atoms with Gasteiger partial charge in [-0.25, -0.2) is 15.0 Å². The first-order chi connectivity index (χ1) is 11.2. The van der Waals surface area contributed by atoms with Crippen molar-refractivity contribution in [3.8, 4) is 0 Å². The number of rotatable bonds is 6. The molecule has 0 aliphatic carbocycles. The van der Waals surface area contributed by atoms with Crippen molar-refractivity contribution in [2.24, 2.45) is 0 Å². The van der Waals surface area contributed by atoms with Crippen molar-refractivity contribution in [2.75, 3.05) is 38.4 Å². The van der Waals surface area contributed by atoms with Crippen LogP contribution in [-0.2, 0) is 14.2 Å². The van der Waals surface area contributed by atoms with Crippen LogP contribution in [0.5, 0.6) is 0 Å². The van der Waals surface area contributed by atoms with Crippen LogP contribution in [0.2, 0.25) is 0 Å². The van der Waals surface area contributed by atoms with Gasteiger partial charge in [-0.3, -0.25) is 4.57 Å². The average molecular weight is 322 g/mol. The Balaban J connectivity index is 1.95. The number of nitrogens with one attached hydrogen (secondary N) is 1. The van der Waals surface area contributed by atoms with Gasteiger partial charge in [0.2, 0.25) is 5.95 Å². The third-order valence-electron chi connectivity index (χ3n) is 3.90. The molecule has 1 aliphatic heterocycles. The molecule has 3 rings (SSSR count). The van der Waals surface area contributed by atoms with Crippen LogP contribution in [0.25, 0.3) is 11.2 Å². The molecule has 0 bridgehead atoms. The number of nitrogens with two attached hydrogens (primary N) is 1. The quantitative estimate of drug-likeness (QED) is 0.762. The second-order valence-corrected chi connectivity index (χ2v) is 5.34. The Hall–Kier alpha value is -1.97. The molecule has 0 aromatic carbocycles. The van der Waals surface area contributed by atoms with Crippen LogP contribution in [-0.4, -0.2) is 53.2 Å². The Labute approximate surface area is 134 Å². The molecule has 23 heavy (non-hydrogen) atoms. The maximum absolute atomic E-state index is 5.93. The maximum atomic E-state index is 5.93. The van der Waals surface area contributed by atoms with Crippen LogP contribution in [0.15, 0.2) is 6.33 Å². The zero-order valence-corrected chi connectivity index (χ0v) is 13.4. The van der Waals surface area contributed by atoms with Crippen molar-refractivity contribution in [3.63, 3.8) is 0 Å². The summed E-state index contributed by atoms with van der Waals surface area (Å²) in [6, 6.07) is 0. The van der Waals surface area contributed by atoms with Crippen LogP contribution < -0.4 is 11.1 Å². The Morgan fingerprint density at radius 2 is 2.22 bits per heavy atom. The standard InChI is InChI=1S/C14H22N6O3/c1-21-10(22-2)7-16-14-19-11-12(15)17-8-18-13(11)20(14)9-5-3-4-6-23-9/h8-10H,3-7H2,1-2H3,(H,16,19)(H2,15,17,18). The summed E-state index contributed by atoms with van der Waals surface area (Å²) in [6.07, 6.45) is 4.02. The van der Waals surface area contributed by atoms with Crippen LogP contribution in [0.1, 0.15) is 25.5 Å². The third kappa shape index (κ3) is 3.21. The highest BCUT2D eigenvalue weighted by Crippen LogP contribution is 2.31. The van der Waals surface area contributed by atoms with E-state index in [4.69, 9.17) is 19.9 Å². The van der Waals surface area contributed by atoms with Gasteiger partial charge in [-0.15, -0.1) is 0 Å². The van der Waals surface area contributed by atoms with Gasteiger partial charge in [0.25, 0.3) is 0 Å². The van der Waals surface area contributed by atoms with E-state index < -0.39 is 0 Å². The summed E-state index contributed by atoms with van der Waals surface area (Å²) in [7, 11) is 3.18. The normalized spacial score (nSPS) is 18.7. The predicted octanol–water partition coefficient (Wildman–Crippen LogP) is 1.14. The maximum Gasteiger partial charge on any atom is 0.207 e. The first-order valence-electron chi connectivity index (χ1n) is 7.64. The number of hydrogen-bond acceptors (Lipinski definition) is 8. The smallest absolute Gasteiger partial charge is 0.207 e. The summed E-state index contributed by atoms with van der Waals surface area (Å²) < 4.78 is 18.2. The SMILES string of the molecule is COC(CNc1nc2c(N)ncnc2n1C1CCCCO1)OC. The van der Waals surface area contributed by atoms with E-state index in [0.717, 1.165) is 25.9 Å². The monoisotopic (exact) mass is 322 g/mol. The Morgan fingerprint density at radius 1 is 1.39 bits per heavy atom. The number of imidazole rings is 1. The molecule has 0 saturated carbocycles.